The van der Waals surface area contributed by atoms with Gasteiger partial charge in [0.2, 0.25) is 11.8 Å². The molecule has 28 heavy (non-hydrogen) atoms. The smallest absolute Gasteiger partial charge is 0.234 e. The van der Waals surface area contributed by atoms with Gasteiger partial charge in [-0.25, -0.2) is 0 Å². The first-order chi connectivity index (χ1) is 13.4. The number of carbonyl (C=O) groups excluding carboxylic acids is 2. The van der Waals surface area contributed by atoms with E-state index in [9.17, 15) is 9.59 Å². The molecule has 0 radical (unpaired) electrons. The van der Waals surface area contributed by atoms with Gasteiger partial charge in [0.15, 0.2) is 0 Å². The number of nitrogens with two attached hydrogens (primary N) is 1. The minimum absolute atomic E-state index is 0.0833. The summed E-state index contributed by atoms with van der Waals surface area (Å²) in [5, 5.41) is 5.67. The molecule has 2 aliphatic rings. The van der Waals surface area contributed by atoms with Gasteiger partial charge in [-0.2, -0.15) is 0 Å². The molecule has 0 aromatic rings. The largest absolute Gasteiger partial charge is 0.355 e. The van der Waals surface area contributed by atoms with Crippen LogP contribution in [-0.2, 0) is 9.59 Å². The minimum atomic E-state index is 0.0833. The summed E-state index contributed by atoms with van der Waals surface area (Å²) in [6, 6.07) is 0. The van der Waals surface area contributed by atoms with Gasteiger partial charge in [-0.05, 0) is 20.5 Å². The molecule has 0 bridgehead atoms. The molecule has 0 saturated carbocycles. The molecule has 2 aliphatic heterocycles. The fourth-order valence-electron chi connectivity index (χ4n) is 3.01. The lowest BCUT2D eigenvalue weighted by Gasteiger charge is -2.31. The summed E-state index contributed by atoms with van der Waals surface area (Å²) in [5.74, 6) is 0.247. The van der Waals surface area contributed by atoms with E-state index in [1.54, 1.807) is 0 Å². The molecule has 164 valence electrons. The Hall–Kier alpha value is -1.26. The molecule has 2 fully saturated rings. The zero-order valence-electron chi connectivity index (χ0n) is 18.1. The molecule has 0 aromatic heterocycles. The maximum Gasteiger partial charge on any atom is 0.234 e. The Balaban J connectivity index is 0.000000280. The molecule has 9 heteroatoms. The van der Waals surface area contributed by atoms with Crippen LogP contribution in [0.3, 0.4) is 0 Å². The average Bonchev–Trinajstić information content (AvgIpc) is 2.69. The lowest BCUT2D eigenvalue weighted by molar-refractivity contribution is -0.123. The summed E-state index contributed by atoms with van der Waals surface area (Å²) in [5.41, 5.74) is 5.29. The van der Waals surface area contributed by atoms with Crippen molar-refractivity contribution in [1.29, 1.82) is 0 Å². The first-order valence-corrected chi connectivity index (χ1v) is 10.5. The summed E-state index contributed by atoms with van der Waals surface area (Å²) in [6.07, 6.45) is 1.01. The van der Waals surface area contributed by atoms with Crippen molar-refractivity contribution in [2.45, 2.75) is 13.3 Å². The second-order valence-electron chi connectivity index (χ2n) is 7.65. The van der Waals surface area contributed by atoms with Crippen LogP contribution in [0.5, 0.6) is 0 Å². The molecular weight excluding hydrogens is 358 g/mol. The van der Waals surface area contributed by atoms with Crippen LogP contribution in [0.15, 0.2) is 0 Å². The van der Waals surface area contributed by atoms with Crippen molar-refractivity contribution >= 4 is 11.8 Å². The monoisotopic (exact) mass is 399 g/mol. The van der Waals surface area contributed by atoms with E-state index >= 15 is 0 Å². The highest BCUT2D eigenvalue weighted by atomic mass is 16.2. The molecule has 0 atom stereocenters. The van der Waals surface area contributed by atoms with Crippen LogP contribution < -0.4 is 16.4 Å². The zero-order valence-corrected chi connectivity index (χ0v) is 18.1. The Morgan fingerprint density at radius 1 is 0.750 bits per heavy atom. The zero-order chi connectivity index (χ0) is 20.8. The van der Waals surface area contributed by atoms with E-state index < -0.39 is 0 Å². The molecule has 9 nitrogen and oxygen atoms in total. The van der Waals surface area contributed by atoms with Gasteiger partial charge in [-0.1, -0.05) is 6.92 Å². The van der Waals surface area contributed by atoms with Gasteiger partial charge in [-0.15, -0.1) is 0 Å². The third-order valence-electron chi connectivity index (χ3n) is 4.96. The summed E-state index contributed by atoms with van der Waals surface area (Å²) in [7, 11) is 4.22. The van der Waals surface area contributed by atoms with Gasteiger partial charge in [0.05, 0.1) is 13.1 Å². The number of hydrogen-bond acceptors (Lipinski definition) is 7. The molecule has 0 aromatic carbocycles. The van der Waals surface area contributed by atoms with Crippen molar-refractivity contribution in [3.63, 3.8) is 0 Å². The fraction of sp³-hybridized carbons (Fsp3) is 0.895. The summed E-state index contributed by atoms with van der Waals surface area (Å²) < 4.78 is 0. The predicted octanol–water partition coefficient (Wildman–Crippen LogP) is -1.93. The van der Waals surface area contributed by atoms with Gasteiger partial charge in [0.25, 0.3) is 0 Å². The van der Waals surface area contributed by atoms with Crippen LogP contribution in [0.1, 0.15) is 13.3 Å². The standard InChI is InChI=1S/C10H21N3O.C9H20N4O/c1-3-4-11-10(14)9-13-7-5-12(2)6-8-13;1-12-4-6-13(7-5-12)8-9(14)11-3-2-10/h3-9H2,1-2H3,(H,11,14);2-8,10H2,1H3,(H,11,14). The normalized spacial score (nSPS) is 19.6. The number of likely N-dealkylation sites (N-methyl/N-ethyl adjacent to an activating group) is 2. The summed E-state index contributed by atoms with van der Waals surface area (Å²) in [4.78, 5) is 31.7. The first-order valence-electron chi connectivity index (χ1n) is 10.5. The molecule has 2 amide bonds. The molecule has 4 N–H and O–H groups in total. The second kappa shape index (κ2) is 14.7. The Morgan fingerprint density at radius 3 is 1.50 bits per heavy atom. The highest BCUT2D eigenvalue weighted by molar-refractivity contribution is 5.78. The molecule has 2 heterocycles. The molecule has 2 saturated heterocycles. The van der Waals surface area contributed by atoms with E-state index in [1.165, 1.54) is 0 Å². The third-order valence-corrected chi connectivity index (χ3v) is 4.96. The first kappa shape index (κ1) is 24.8. The van der Waals surface area contributed by atoms with Crippen molar-refractivity contribution in [1.82, 2.24) is 30.2 Å². The Bertz CT molecular complexity index is 394. The van der Waals surface area contributed by atoms with Crippen LogP contribution in [0.25, 0.3) is 0 Å². The van der Waals surface area contributed by atoms with Gasteiger partial charge in [-0.3, -0.25) is 19.4 Å². The number of piperazine rings is 2. The van der Waals surface area contributed by atoms with Gasteiger partial charge in [0, 0.05) is 72.0 Å². The number of amides is 2. The highest BCUT2D eigenvalue weighted by Crippen LogP contribution is 1.98. The second-order valence-corrected chi connectivity index (χ2v) is 7.65. The van der Waals surface area contributed by atoms with Crippen LogP contribution in [0.2, 0.25) is 0 Å². The average molecular weight is 400 g/mol. The maximum absolute atomic E-state index is 11.4. The number of hydrogen-bond donors (Lipinski definition) is 3. The number of carbonyl (C=O) groups is 2. The Morgan fingerprint density at radius 2 is 1.14 bits per heavy atom. The van der Waals surface area contributed by atoms with Gasteiger partial charge >= 0.3 is 0 Å². The van der Waals surface area contributed by atoms with Crippen LogP contribution >= 0.6 is 0 Å². The predicted molar refractivity (Wildman–Crippen MR) is 113 cm³/mol. The number of nitrogens with one attached hydrogen (secondary N) is 2. The van der Waals surface area contributed by atoms with Gasteiger partial charge in [0.1, 0.15) is 0 Å². The van der Waals surface area contributed by atoms with Crippen LogP contribution in [0, 0.1) is 0 Å². The van der Waals surface area contributed by atoms with Gasteiger partial charge < -0.3 is 26.2 Å². The summed E-state index contributed by atoms with van der Waals surface area (Å²) >= 11 is 0. The van der Waals surface area contributed by atoms with Crippen molar-refractivity contribution in [3.8, 4) is 0 Å². The quantitative estimate of drug-likeness (QED) is 0.437. The molecular formula is C19H41N7O2. The lowest BCUT2D eigenvalue weighted by atomic mass is 10.3. The summed E-state index contributed by atoms with van der Waals surface area (Å²) in [6.45, 7) is 13.2. The van der Waals surface area contributed by atoms with Crippen molar-refractivity contribution < 1.29 is 9.59 Å². The topological polar surface area (TPSA) is 97.2 Å². The van der Waals surface area contributed by atoms with E-state index in [2.05, 4.69) is 51.3 Å². The maximum atomic E-state index is 11.4. The SMILES string of the molecule is CCCNC(=O)CN1CCN(C)CC1.CN1CCN(CC(=O)NCCN)CC1. The minimum Gasteiger partial charge on any atom is -0.355 e. The fourth-order valence-corrected chi connectivity index (χ4v) is 3.01. The lowest BCUT2D eigenvalue weighted by Crippen LogP contribution is -2.48. The van der Waals surface area contributed by atoms with Crippen molar-refractivity contribution in [2.75, 3.05) is 99.2 Å². The third kappa shape index (κ3) is 11.6. The highest BCUT2D eigenvalue weighted by Gasteiger charge is 2.16. The molecule has 0 spiro atoms. The van der Waals surface area contributed by atoms with Crippen molar-refractivity contribution in [2.24, 2.45) is 5.73 Å². The Kier molecular flexibility index (Phi) is 13.0. The molecule has 0 unspecified atom stereocenters. The number of rotatable bonds is 8. The van der Waals surface area contributed by atoms with E-state index in [-0.39, 0.29) is 11.8 Å². The molecule has 0 aliphatic carbocycles. The number of nitrogens with zero attached hydrogens (tertiary/aromatic N) is 4. The molecule has 2 rings (SSSR count). The Labute approximate surface area is 170 Å². The van der Waals surface area contributed by atoms with Crippen molar-refractivity contribution in [3.05, 3.63) is 0 Å². The van der Waals surface area contributed by atoms with Crippen LogP contribution in [-0.4, -0.2) is 131 Å². The van der Waals surface area contributed by atoms with Crippen LogP contribution in [0.4, 0.5) is 0 Å². The van der Waals surface area contributed by atoms with E-state index in [4.69, 9.17) is 5.73 Å². The van der Waals surface area contributed by atoms with E-state index in [0.717, 1.165) is 65.3 Å². The van der Waals surface area contributed by atoms with E-state index in [0.29, 0.717) is 26.2 Å². The van der Waals surface area contributed by atoms with E-state index in [1.807, 2.05) is 0 Å².